The molecule has 1 N–H and O–H groups in total. The van der Waals surface area contributed by atoms with Crippen LogP contribution in [0.1, 0.15) is 29.7 Å². The molecule has 1 saturated heterocycles. The fourth-order valence-electron chi connectivity index (χ4n) is 3.84. The van der Waals surface area contributed by atoms with Crippen molar-refractivity contribution in [1.82, 2.24) is 9.80 Å². The average molecular weight is 439 g/mol. The quantitative estimate of drug-likeness (QED) is 0.387. The van der Waals surface area contributed by atoms with Gasteiger partial charge >= 0.3 is 0 Å². The number of carbonyl (C=O) groups is 2. The molecular weight excluding hydrogens is 408 g/mol. The topological polar surface area (TPSA) is 79.3 Å². The zero-order chi connectivity index (χ0) is 23.4. The van der Waals surface area contributed by atoms with E-state index in [0.717, 1.165) is 17.5 Å². The summed E-state index contributed by atoms with van der Waals surface area (Å²) in [6.45, 7) is 3.00. The Bertz CT molecular complexity index is 1030. The van der Waals surface area contributed by atoms with Crippen LogP contribution < -0.4 is 9.47 Å². The first-order valence-electron chi connectivity index (χ1n) is 10.6. The second-order valence-corrected chi connectivity index (χ2v) is 7.96. The Kier molecular flexibility index (Phi) is 7.20. The SMILES string of the molecule is CCc1ccc(C2/C(=C(\O)c3cc(OC)ccc3OC)C(=O)C(=O)N2CCN(C)C)cc1. The van der Waals surface area contributed by atoms with Gasteiger partial charge in [0.1, 0.15) is 17.3 Å². The Morgan fingerprint density at radius 1 is 1.06 bits per heavy atom. The zero-order valence-corrected chi connectivity index (χ0v) is 19.2. The van der Waals surface area contributed by atoms with Crippen molar-refractivity contribution in [3.8, 4) is 11.5 Å². The maximum absolute atomic E-state index is 13.1. The van der Waals surface area contributed by atoms with E-state index in [9.17, 15) is 14.7 Å². The van der Waals surface area contributed by atoms with Crippen molar-refractivity contribution in [3.63, 3.8) is 0 Å². The molecule has 0 spiro atoms. The number of nitrogens with zero attached hydrogens (tertiary/aromatic N) is 2. The van der Waals surface area contributed by atoms with Gasteiger partial charge in [0.25, 0.3) is 11.7 Å². The molecule has 1 aliphatic heterocycles. The van der Waals surface area contributed by atoms with Crippen LogP contribution in [0.3, 0.4) is 0 Å². The maximum atomic E-state index is 13.1. The minimum absolute atomic E-state index is 0.0459. The number of aliphatic hydroxyl groups excluding tert-OH is 1. The molecule has 32 heavy (non-hydrogen) atoms. The summed E-state index contributed by atoms with van der Waals surface area (Å²) in [5.74, 6) is -0.743. The first kappa shape index (κ1) is 23.3. The number of ketones is 1. The van der Waals surface area contributed by atoms with E-state index < -0.39 is 17.7 Å². The third-order valence-electron chi connectivity index (χ3n) is 5.69. The fraction of sp³-hybridized carbons (Fsp3) is 0.360. The number of benzene rings is 2. The van der Waals surface area contributed by atoms with Crippen LogP contribution >= 0.6 is 0 Å². The van der Waals surface area contributed by atoms with Crippen LogP contribution in [0.2, 0.25) is 0 Å². The molecule has 2 aromatic rings. The number of ether oxygens (including phenoxy) is 2. The number of Topliss-reactive ketones (excluding diaryl/α,β-unsaturated/α-hetero) is 1. The number of likely N-dealkylation sites (N-methyl/N-ethyl adjacent to an activating group) is 1. The highest BCUT2D eigenvalue weighted by Gasteiger charge is 2.46. The lowest BCUT2D eigenvalue weighted by Gasteiger charge is -2.27. The van der Waals surface area contributed by atoms with Crippen molar-refractivity contribution in [1.29, 1.82) is 0 Å². The predicted octanol–water partition coefficient (Wildman–Crippen LogP) is 3.25. The van der Waals surface area contributed by atoms with E-state index >= 15 is 0 Å². The molecule has 2 aromatic carbocycles. The van der Waals surface area contributed by atoms with Crippen molar-refractivity contribution in [3.05, 3.63) is 64.7 Å². The molecule has 7 nitrogen and oxygen atoms in total. The molecule has 1 fully saturated rings. The van der Waals surface area contributed by atoms with Crippen LogP contribution in [0.4, 0.5) is 0 Å². The van der Waals surface area contributed by atoms with Crippen molar-refractivity contribution >= 4 is 17.4 Å². The minimum atomic E-state index is -0.712. The largest absolute Gasteiger partial charge is 0.507 e. The highest BCUT2D eigenvalue weighted by molar-refractivity contribution is 6.46. The van der Waals surface area contributed by atoms with Gasteiger partial charge in [0.2, 0.25) is 0 Å². The van der Waals surface area contributed by atoms with Gasteiger partial charge in [-0.25, -0.2) is 0 Å². The minimum Gasteiger partial charge on any atom is -0.507 e. The number of hydrogen-bond acceptors (Lipinski definition) is 6. The lowest BCUT2D eigenvalue weighted by atomic mass is 9.94. The number of rotatable bonds is 8. The summed E-state index contributed by atoms with van der Waals surface area (Å²) < 4.78 is 10.7. The zero-order valence-electron chi connectivity index (χ0n) is 19.2. The van der Waals surface area contributed by atoms with Crippen LogP contribution in [-0.4, -0.2) is 68.0 Å². The Labute approximate surface area is 188 Å². The summed E-state index contributed by atoms with van der Waals surface area (Å²) in [5, 5.41) is 11.3. The van der Waals surface area contributed by atoms with Gasteiger partial charge in [0.15, 0.2) is 0 Å². The van der Waals surface area contributed by atoms with E-state index in [4.69, 9.17) is 9.47 Å². The smallest absolute Gasteiger partial charge is 0.295 e. The van der Waals surface area contributed by atoms with Gasteiger partial charge in [-0.1, -0.05) is 31.2 Å². The van der Waals surface area contributed by atoms with Crippen LogP contribution in [0.25, 0.3) is 5.76 Å². The van der Waals surface area contributed by atoms with Gasteiger partial charge in [-0.05, 0) is 49.8 Å². The second-order valence-electron chi connectivity index (χ2n) is 7.96. The molecule has 170 valence electrons. The van der Waals surface area contributed by atoms with Gasteiger partial charge in [-0.3, -0.25) is 9.59 Å². The Balaban J connectivity index is 2.20. The maximum Gasteiger partial charge on any atom is 0.295 e. The molecule has 1 aliphatic rings. The molecule has 1 atom stereocenters. The highest BCUT2D eigenvalue weighted by Crippen LogP contribution is 2.41. The number of likely N-dealkylation sites (tertiary alicyclic amines) is 1. The molecular formula is C25H30N2O5. The first-order valence-corrected chi connectivity index (χ1v) is 10.6. The Hall–Kier alpha value is -3.32. The summed E-state index contributed by atoms with van der Waals surface area (Å²) in [5.41, 5.74) is 2.26. The number of amides is 1. The summed E-state index contributed by atoms with van der Waals surface area (Å²) >= 11 is 0. The van der Waals surface area contributed by atoms with Crippen LogP contribution in [0.15, 0.2) is 48.0 Å². The second kappa shape index (κ2) is 9.87. The third kappa shape index (κ3) is 4.48. The summed E-state index contributed by atoms with van der Waals surface area (Å²) in [6, 6.07) is 12.0. The van der Waals surface area contributed by atoms with E-state index in [1.54, 1.807) is 18.2 Å². The normalized spacial score (nSPS) is 17.8. The monoisotopic (exact) mass is 438 g/mol. The van der Waals surface area contributed by atoms with Crippen molar-refractivity contribution in [2.45, 2.75) is 19.4 Å². The summed E-state index contributed by atoms with van der Waals surface area (Å²) in [7, 11) is 6.81. The average Bonchev–Trinajstić information content (AvgIpc) is 3.06. The summed E-state index contributed by atoms with van der Waals surface area (Å²) in [6.07, 6.45) is 0.877. The lowest BCUT2D eigenvalue weighted by molar-refractivity contribution is -0.140. The van der Waals surface area contributed by atoms with E-state index in [2.05, 4.69) is 6.92 Å². The standard InChI is InChI=1S/C25H30N2O5/c1-6-16-7-9-17(10-8-16)22-21(24(29)25(30)27(22)14-13-26(2)3)23(28)19-15-18(31-4)11-12-20(19)32-5/h7-12,15,22,28H,6,13-14H2,1-5H3/b23-21+. The van der Waals surface area contributed by atoms with Crippen molar-refractivity contribution in [2.24, 2.45) is 0 Å². The third-order valence-corrected chi connectivity index (χ3v) is 5.69. The van der Waals surface area contributed by atoms with Crippen LogP contribution in [0.5, 0.6) is 11.5 Å². The number of aryl methyl sites for hydroxylation is 1. The fourth-order valence-corrected chi connectivity index (χ4v) is 3.84. The van der Waals surface area contributed by atoms with Crippen LogP contribution in [-0.2, 0) is 16.0 Å². The first-order chi connectivity index (χ1) is 15.3. The molecule has 1 amide bonds. The molecule has 1 unspecified atom stereocenters. The van der Waals surface area contributed by atoms with Gasteiger partial charge in [0.05, 0.1) is 31.4 Å². The number of methoxy groups -OCH3 is 2. The van der Waals surface area contributed by atoms with Gasteiger partial charge < -0.3 is 24.4 Å². The number of aliphatic hydroxyl groups is 1. The van der Waals surface area contributed by atoms with E-state index in [1.807, 2.05) is 43.3 Å². The predicted molar refractivity (Wildman–Crippen MR) is 123 cm³/mol. The molecule has 3 rings (SSSR count). The molecule has 0 aromatic heterocycles. The van der Waals surface area contributed by atoms with Gasteiger partial charge in [-0.2, -0.15) is 0 Å². The molecule has 0 bridgehead atoms. The van der Waals surface area contributed by atoms with Crippen LogP contribution in [0, 0.1) is 0 Å². The van der Waals surface area contributed by atoms with E-state index in [0.29, 0.717) is 30.2 Å². The molecule has 1 heterocycles. The highest BCUT2D eigenvalue weighted by atomic mass is 16.5. The molecule has 0 aliphatic carbocycles. The Morgan fingerprint density at radius 2 is 1.75 bits per heavy atom. The molecule has 0 saturated carbocycles. The van der Waals surface area contributed by atoms with Crippen molar-refractivity contribution < 1.29 is 24.2 Å². The van der Waals surface area contributed by atoms with Crippen molar-refractivity contribution in [2.75, 3.05) is 41.4 Å². The lowest BCUT2D eigenvalue weighted by Crippen LogP contribution is -2.35. The van der Waals surface area contributed by atoms with Gasteiger partial charge in [-0.15, -0.1) is 0 Å². The number of carbonyl (C=O) groups excluding carboxylic acids is 2. The van der Waals surface area contributed by atoms with E-state index in [-0.39, 0.29) is 11.3 Å². The summed E-state index contributed by atoms with van der Waals surface area (Å²) in [4.78, 5) is 29.6. The number of hydrogen-bond donors (Lipinski definition) is 1. The van der Waals surface area contributed by atoms with E-state index in [1.165, 1.54) is 19.1 Å². The molecule has 0 radical (unpaired) electrons. The molecule has 7 heteroatoms. The van der Waals surface area contributed by atoms with Gasteiger partial charge in [0, 0.05) is 13.1 Å². The Morgan fingerprint density at radius 3 is 2.31 bits per heavy atom.